The molecule has 1 rings (SSSR count). The van der Waals surface area contributed by atoms with Gasteiger partial charge < -0.3 is 25.6 Å². The third kappa shape index (κ3) is 4.14. The summed E-state index contributed by atoms with van der Waals surface area (Å²) >= 11 is 0. The average Bonchev–Trinajstić information content (AvgIpc) is 2.10. The topological polar surface area (TPSA) is 96.0 Å². The fourth-order valence-electron chi connectivity index (χ4n) is 1.83. The van der Waals surface area contributed by atoms with Crippen molar-refractivity contribution in [2.45, 2.75) is 44.4 Å². The Labute approximate surface area is 101 Å². The number of hydrogen-bond donors (Lipinski definition) is 3. The smallest absolute Gasteiger partial charge is 0.410 e. The predicted octanol–water partition coefficient (Wildman–Crippen LogP) is -0.322. The van der Waals surface area contributed by atoms with Crippen LogP contribution >= 0.6 is 0 Å². The van der Waals surface area contributed by atoms with Crippen molar-refractivity contribution in [1.29, 1.82) is 0 Å². The van der Waals surface area contributed by atoms with E-state index in [1.165, 1.54) is 4.90 Å². The molecule has 1 aliphatic heterocycles. The first kappa shape index (κ1) is 14.2. The minimum absolute atomic E-state index is 0.281. The molecule has 0 aromatic carbocycles. The Morgan fingerprint density at radius 2 is 2.06 bits per heavy atom. The molecule has 0 aromatic rings. The fraction of sp³-hybridized carbons (Fsp3) is 0.909. The van der Waals surface area contributed by atoms with Gasteiger partial charge in [0.25, 0.3) is 0 Å². The lowest BCUT2D eigenvalue weighted by molar-refractivity contribution is -0.0242. The Kier molecular flexibility index (Phi) is 4.01. The van der Waals surface area contributed by atoms with E-state index in [9.17, 15) is 9.90 Å². The number of amides is 1. The van der Waals surface area contributed by atoms with Crippen molar-refractivity contribution in [3.8, 4) is 0 Å². The Morgan fingerprint density at radius 3 is 2.47 bits per heavy atom. The highest BCUT2D eigenvalue weighted by molar-refractivity contribution is 5.69. The number of nitrogens with two attached hydrogens (primary N) is 1. The normalized spacial score (nSPS) is 20.7. The van der Waals surface area contributed by atoms with Gasteiger partial charge in [0, 0.05) is 13.1 Å². The number of carbonyl (C=O) groups excluding carboxylic acids is 1. The maximum atomic E-state index is 11.6. The molecule has 1 unspecified atom stereocenters. The van der Waals surface area contributed by atoms with Gasteiger partial charge in [-0.1, -0.05) is 0 Å². The number of likely N-dealkylation sites (tertiary alicyclic amines) is 1. The average molecular weight is 246 g/mol. The summed E-state index contributed by atoms with van der Waals surface area (Å²) in [4.78, 5) is 13.1. The second-order valence-electron chi connectivity index (χ2n) is 5.74. The van der Waals surface area contributed by atoms with Gasteiger partial charge >= 0.3 is 6.09 Å². The number of aliphatic hydroxyl groups excluding tert-OH is 2. The van der Waals surface area contributed by atoms with Crippen LogP contribution in [0, 0.1) is 0 Å². The molecule has 6 nitrogen and oxygen atoms in total. The van der Waals surface area contributed by atoms with Crippen molar-refractivity contribution >= 4 is 6.09 Å². The number of hydrogen-bond acceptors (Lipinski definition) is 5. The molecule has 1 atom stereocenters. The van der Waals surface area contributed by atoms with Gasteiger partial charge in [0.05, 0.1) is 18.2 Å². The van der Waals surface area contributed by atoms with Gasteiger partial charge in [-0.25, -0.2) is 4.79 Å². The van der Waals surface area contributed by atoms with E-state index < -0.39 is 23.3 Å². The molecule has 17 heavy (non-hydrogen) atoms. The maximum Gasteiger partial charge on any atom is 0.410 e. The number of aliphatic hydroxyl groups is 2. The van der Waals surface area contributed by atoms with Gasteiger partial charge in [0.15, 0.2) is 0 Å². The molecule has 1 aliphatic rings. The van der Waals surface area contributed by atoms with Crippen molar-refractivity contribution in [3.63, 3.8) is 0 Å². The number of nitrogens with zero attached hydrogens (tertiary/aromatic N) is 1. The quantitative estimate of drug-likeness (QED) is 0.634. The van der Waals surface area contributed by atoms with E-state index in [1.54, 1.807) is 20.8 Å². The molecule has 1 amide bonds. The van der Waals surface area contributed by atoms with Crippen LogP contribution in [0.2, 0.25) is 0 Å². The third-order valence-electron chi connectivity index (χ3n) is 2.52. The Hall–Kier alpha value is -0.850. The van der Waals surface area contributed by atoms with Gasteiger partial charge in [-0.05, 0) is 27.2 Å². The number of rotatable bonds is 3. The summed E-state index contributed by atoms with van der Waals surface area (Å²) in [5, 5.41) is 18.0. The lowest BCUT2D eigenvalue weighted by atomic mass is 9.85. The van der Waals surface area contributed by atoms with Crippen molar-refractivity contribution in [2.24, 2.45) is 5.73 Å². The third-order valence-corrected chi connectivity index (χ3v) is 2.52. The van der Waals surface area contributed by atoms with Gasteiger partial charge in [-0.15, -0.1) is 0 Å². The van der Waals surface area contributed by atoms with Crippen LogP contribution in [0.3, 0.4) is 0 Å². The summed E-state index contributed by atoms with van der Waals surface area (Å²) in [7, 11) is 0. The lowest BCUT2D eigenvalue weighted by Gasteiger charge is -2.48. The Bertz CT molecular complexity index is 282. The molecule has 0 radical (unpaired) electrons. The van der Waals surface area contributed by atoms with Crippen LogP contribution in [0.25, 0.3) is 0 Å². The minimum Gasteiger partial charge on any atom is -0.444 e. The van der Waals surface area contributed by atoms with Crippen LogP contribution in [-0.4, -0.2) is 58.1 Å². The summed E-state index contributed by atoms with van der Waals surface area (Å²) in [5.41, 5.74) is 4.82. The van der Waals surface area contributed by atoms with Crippen molar-refractivity contribution in [3.05, 3.63) is 0 Å². The van der Waals surface area contributed by atoms with Crippen molar-refractivity contribution < 1.29 is 19.7 Å². The number of carbonyl (C=O) groups is 1. The lowest BCUT2D eigenvalue weighted by Crippen LogP contribution is -2.70. The standard InChI is InChI=1S/C11H22N2O4/c1-10(2,3)17-9(16)13-6-11(12,7-13)4-8(15)5-14/h8,14-15H,4-7,12H2,1-3H3. The zero-order chi connectivity index (χ0) is 13.3. The molecule has 100 valence electrons. The van der Waals surface area contributed by atoms with Crippen LogP contribution < -0.4 is 5.73 Å². The van der Waals surface area contributed by atoms with Crippen LogP contribution in [0.5, 0.6) is 0 Å². The molecule has 1 fully saturated rings. The van der Waals surface area contributed by atoms with E-state index in [0.717, 1.165) is 0 Å². The first-order valence-corrected chi connectivity index (χ1v) is 5.71. The van der Waals surface area contributed by atoms with Crippen LogP contribution in [0.4, 0.5) is 4.79 Å². The molecule has 0 aromatic heterocycles. The summed E-state index contributed by atoms with van der Waals surface area (Å²) in [6.07, 6.45) is -0.944. The highest BCUT2D eigenvalue weighted by Gasteiger charge is 2.44. The molecule has 4 N–H and O–H groups in total. The molecular formula is C11H22N2O4. The van der Waals surface area contributed by atoms with Crippen molar-refractivity contribution in [2.75, 3.05) is 19.7 Å². The molecule has 0 spiro atoms. The molecular weight excluding hydrogens is 224 g/mol. The Balaban J connectivity index is 2.38. The summed E-state index contributed by atoms with van der Waals surface area (Å²) in [6.45, 7) is 5.78. The molecule has 0 aliphatic carbocycles. The summed E-state index contributed by atoms with van der Waals surface area (Å²) < 4.78 is 5.19. The highest BCUT2D eigenvalue weighted by atomic mass is 16.6. The van der Waals surface area contributed by atoms with Crippen molar-refractivity contribution in [1.82, 2.24) is 4.90 Å². The largest absolute Gasteiger partial charge is 0.444 e. The monoisotopic (exact) mass is 246 g/mol. The van der Waals surface area contributed by atoms with E-state index in [2.05, 4.69) is 0 Å². The molecule has 1 saturated heterocycles. The van der Waals surface area contributed by atoms with E-state index in [1.807, 2.05) is 0 Å². The Morgan fingerprint density at radius 1 is 1.53 bits per heavy atom. The molecule has 0 bridgehead atoms. The molecule has 6 heteroatoms. The van der Waals surface area contributed by atoms with Gasteiger partial charge in [-0.2, -0.15) is 0 Å². The van der Waals surface area contributed by atoms with Crippen LogP contribution in [0.1, 0.15) is 27.2 Å². The first-order chi connectivity index (χ1) is 7.65. The first-order valence-electron chi connectivity index (χ1n) is 5.71. The van der Waals surface area contributed by atoms with E-state index in [0.29, 0.717) is 13.1 Å². The molecule has 0 saturated carbocycles. The summed E-state index contributed by atoms with van der Waals surface area (Å²) in [6, 6.07) is 0. The second-order valence-corrected chi connectivity index (χ2v) is 5.74. The predicted molar refractivity (Wildman–Crippen MR) is 62.4 cm³/mol. The fourth-order valence-corrected chi connectivity index (χ4v) is 1.83. The van der Waals surface area contributed by atoms with Gasteiger partial charge in [0.1, 0.15) is 5.60 Å². The van der Waals surface area contributed by atoms with E-state index in [-0.39, 0.29) is 13.0 Å². The second kappa shape index (κ2) is 4.80. The van der Waals surface area contributed by atoms with Gasteiger partial charge in [-0.3, -0.25) is 0 Å². The highest BCUT2D eigenvalue weighted by Crippen LogP contribution is 2.25. The number of ether oxygens (including phenoxy) is 1. The zero-order valence-corrected chi connectivity index (χ0v) is 10.6. The van der Waals surface area contributed by atoms with E-state index >= 15 is 0 Å². The van der Waals surface area contributed by atoms with Gasteiger partial charge in [0.2, 0.25) is 0 Å². The summed E-state index contributed by atoms with van der Waals surface area (Å²) in [5.74, 6) is 0. The molecule has 1 heterocycles. The van der Waals surface area contributed by atoms with E-state index in [4.69, 9.17) is 15.6 Å². The minimum atomic E-state index is -0.833. The SMILES string of the molecule is CC(C)(C)OC(=O)N1CC(N)(CC(O)CO)C1. The maximum absolute atomic E-state index is 11.6. The zero-order valence-electron chi connectivity index (χ0n) is 10.6. The van der Waals surface area contributed by atoms with Crippen LogP contribution in [0.15, 0.2) is 0 Å². The van der Waals surface area contributed by atoms with Crippen LogP contribution in [-0.2, 0) is 4.74 Å².